The molecule has 1 aliphatic heterocycles. The van der Waals surface area contributed by atoms with Gasteiger partial charge in [0.05, 0.1) is 6.04 Å². The molecule has 0 aliphatic carbocycles. The molecule has 0 fully saturated rings. The van der Waals surface area contributed by atoms with Gasteiger partial charge in [-0.2, -0.15) is 0 Å². The molecule has 4 atom stereocenters. The van der Waals surface area contributed by atoms with Crippen LogP contribution in [0.5, 0.6) is 0 Å². The molecule has 2 heterocycles. The quantitative estimate of drug-likeness (QED) is 0.0679. The van der Waals surface area contributed by atoms with Crippen LogP contribution < -0.4 is 16.0 Å². The average Bonchev–Trinajstić information content (AvgIpc) is 3.73. The first-order valence-corrected chi connectivity index (χ1v) is 23.3. The number of fused-ring (bicyclic) bond motifs is 1. The summed E-state index contributed by atoms with van der Waals surface area (Å²) in [6.07, 6.45) is 5.35. The van der Waals surface area contributed by atoms with E-state index < -0.39 is 93.7 Å². The molecular formula is C51H77N7O10. The van der Waals surface area contributed by atoms with Crippen LogP contribution in [-0.4, -0.2) is 129 Å². The highest BCUT2D eigenvalue weighted by molar-refractivity contribution is 6.12. The number of rotatable bonds is 19. The molecule has 3 rings (SSSR count). The smallest absolute Gasteiger partial charge is 0.410 e. The third kappa shape index (κ3) is 15.0. The standard InChI is InChI=1S/C51H77N7O10/c1-31(2)37(29-32(3)43(62)53-35(46(65)67-49(7,8)9)23-24-38(59)52-27-20-28-58-39(60)25-26-40(58)61)56(16)45(64)41(48(4,5)6)54-44(63)42(57(17)47(66)68-50(10,11)12)51(13,14)34-30-55(15)36-22-19-18-21-33(34)36/h18-19,21-22,25-26,29-31,35,37,41-42H,20,23-24,27-28H2,1-17H3,(H,52,59)(H,53,62)(H,54,63)/b32-29+/t35-,37-,41-,42-/m1/s1. The van der Waals surface area contributed by atoms with Gasteiger partial charge in [-0.05, 0) is 84.3 Å². The number of aryl methyl sites for hydroxylation is 1. The van der Waals surface area contributed by atoms with Crippen LogP contribution in [0.2, 0.25) is 0 Å². The fraction of sp³-hybridized carbons (Fsp3) is 0.608. The third-order valence-corrected chi connectivity index (χ3v) is 11.7. The van der Waals surface area contributed by atoms with Gasteiger partial charge in [-0.25, -0.2) is 9.59 Å². The molecule has 0 saturated carbocycles. The van der Waals surface area contributed by atoms with Crippen LogP contribution >= 0.6 is 0 Å². The van der Waals surface area contributed by atoms with E-state index in [9.17, 15) is 38.4 Å². The summed E-state index contributed by atoms with van der Waals surface area (Å²) in [4.78, 5) is 111. The lowest BCUT2D eigenvalue weighted by molar-refractivity contribution is -0.158. The van der Waals surface area contributed by atoms with E-state index in [-0.39, 0.29) is 37.4 Å². The van der Waals surface area contributed by atoms with Gasteiger partial charge in [-0.1, -0.05) is 72.7 Å². The van der Waals surface area contributed by atoms with Crippen molar-refractivity contribution in [3.8, 4) is 0 Å². The number of carbonyl (C=O) groups is 8. The second kappa shape index (κ2) is 22.4. The Morgan fingerprint density at radius 2 is 1.38 bits per heavy atom. The molecule has 1 aromatic heterocycles. The number of amides is 7. The van der Waals surface area contributed by atoms with Gasteiger partial charge in [0.25, 0.3) is 11.8 Å². The van der Waals surface area contributed by atoms with Crippen molar-refractivity contribution >= 4 is 58.4 Å². The number of aromatic nitrogens is 1. The molecule has 0 spiro atoms. The molecule has 2 aromatic rings. The Balaban J connectivity index is 1.89. The average molecular weight is 948 g/mol. The highest BCUT2D eigenvalue weighted by atomic mass is 16.6. The molecule has 0 unspecified atom stereocenters. The Bertz CT molecular complexity index is 2250. The molecule has 0 radical (unpaired) electrons. The van der Waals surface area contributed by atoms with Crippen molar-refractivity contribution < 1.29 is 47.8 Å². The number of nitrogens with zero attached hydrogens (tertiary/aromatic N) is 4. The Morgan fingerprint density at radius 1 is 0.809 bits per heavy atom. The van der Waals surface area contributed by atoms with Gasteiger partial charge in [0, 0.05) is 80.9 Å². The number of benzene rings is 1. The molecule has 1 aliphatic rings. The maximum absolute atomic E-state index is 15.0. The van der Waals surface area contributed by atoms with Gasteiger partial charge in [0.2, 0.25) is 23.6 Å². The minimum atomic E-state index is -1.20. The molecule has 68 heavy (non-hydrogen) atoms. The van der Waals surface area contributed by atoms with Crippen LogP contribution in [0.3, 0.4) is 0 Å². The summed E-state index contributed by atoms with van der Waals surface area (Å²) < 4.78 is 13.3. The number of ether oxygens (including phenoxy) is 2. The summed E-state index contributed by atoms with van der Waals surface area (Å²) in [5.41, 5.74) is -1.65. The molecule has 1 aromatic carbocycles. The summed E-state index contributed by atoms with van der Waals surface area (Å²) >= 11 is 0. The number of hydrogen-bond acceptors (Lipinski definition) is 10. The molecule has 0 saturated heterocycles. The maximum atomic E-state index is 15.0. The first-order valence-electron chi connectivity index (χ1n) is 23.3. The van der Waals surface area contributed by atoms with Crippen molar-refractivity contribution in [1.29, 1.82) is 0 Å². The minimum absolute atomic E-state index is 0.0901. The van der Waals surface area contributed by atoms with Crippen LogP contribution in [0.1, 0.15) is 122 Å². The summed E-state index contributed by atoms with van der Waals surface area (Å²) in [6, 6.07) is 3.66. The molecule has 7 amide bonds. The summed E-state index contributed by atoms with van der Waals surface area (Å²) in [5.74, 6) is -3.83. The molecule has 0 bridgehead atoms. The maximum Gasteiger partial charge on any atom is 0.410 e. The van der Waals surface area contributed by atoms with E-state index in [2.05, 4.69) is 16.0 Å². The Kier molecular flexibility index (Phi) is 18.6. The zero-order valence-corrected chi connectivity index (χ0v) is 43.4. The Morgan fingerprint density at radius 3 is 1.93 bits per heavy atom. The van der Waals surface area contributed by atoms with Gasteiger partial charge in [0.15, 0.2) is 0 Å². The van der Waals surface area contributed by atoms with E-state index in [0.29, 0.717) is 6.42 Å². The van der Waals surface area contributed by atoms with Gasteiger partial charge in [0.1, 0.15) is 29.3 Å². The lowest BCUT2D eigenvalue weighted by Gasteiger charge is -2.42. The largest absolute Gasteiger partial charge is 0.458 e. The SMILES string of the molecule is C/C(=C\[C@H](C(C)C)N(C)C(=O)[C@@H](NC(=O)[C@@H](N(C)C(=O)OC(C)(C)C)C(C)(C)c1cn(C)c2ccccc12)C(C)(C)C)C(=O)N[C@H](CCC(=O)NCCCN1C(=O)C=CC1=O)C(=O)OC(C)(C)C. The topological polar surface area (TPSA) is 206 Å². The Labute approximate surface area is 402 Å². The second-order valence-electron chi connectivity index (χ2n) is 21.7. The normalized spacial score (nSPS) is 15.4. The lowest BCUT2D eigenvalue weighted by atomic mass is 9.76. The predicted octanol–water partition coefficient (Wildman–Crippen LogP) is 5.69. The van der Waals surface area contributed by atoms with Crippen LogP contribution in [0, 0.1) is 11.3 Å². The van der Waals surface area contributed by atoms with Gasteiger partial charge >= 0.3 is 12.1 Å². The number of nitrogens with one attached hydrogen (secondary N) is 3. The van der Waals surface area contributed by atoms with Crippen molar-refractivity contribution in [2.24, 2.45) is 18.4 Å². The van der Waals surface area contributed by atoms with Crippen LogP contribution in [0.15, 0.2) is 54.3 Å². The summed E-state index contributed by atoms with van der Waals surface area (Å²) in [7, 11) is 5.04. The van der Waals surface area contributed by atoms with E-state index in [4.69, 9.17) is 9.47 Å². The number of para-hydroxylation sites is 1. The zero-order chi connectivity index (χ0) is 51.9. The van der Waals surface area contributed by atoms with Gasteiger partial charge in [-0.15, -0.1) is 0 Å². The van der Waals surface area contributed by atoms with Crippen LogP contribution in [-0.2, 0) is 55.5 Å². The molecule has 17 heteroatoms. The summed E-state index contributed by atoms with van der Waals surface area (Å²) in [5, 5.41) is 9.40. The highest BCUT2D eigenvalue weighted by Crippen LogP contribution is 2.37. The fourth-order valence-corrected chi connectivity index (χ4v) is 8.11. The van der Waals surface area contributed by atoms with Gasteiger partial charge < -0.3 is 34.9 Å². The molecular weight excluding hydrogens is 871 g/mol. The second-order valence-corrected chi connectivity index (χ2v) is 21.7. The molecule has 17 nitrogen and oxygen atoms in total. The van der Waals surface area contributed by atoms with Crippen molar-refractivity contribution in [2.75, 3.05) is 27.2 Å². The first-order chi connectivity index (χ1) is 31.2. The predicted molar refractivity (Wildman–Crippen MR) is 261 cm³/mol. The van der Waals surface area contributed by atoms with E-state index in [1.54, 1.807) is 61.6 Å². The van der Waals surface area contributed by atoms with Crippen LogP contribution in [0.25, 0.3) is 10.9 Å². The van der Waals surface area contributed by atoms with Crippen LogP contribution in [0.4, 0.5) is 4.79 Å². The van der Waals surface area contributed by atoms with Crippen molar-refractivity contribution in [3.05, 3.63) is 59.8 Å². The third-order valence-electron chi connectivity index (χ3n) is 11.7. The Hall–Kier alpha value is -6.00. The number of carbonyl (C=O) groups excluding carboxylic acids is 8. The summed E-state index contributed by atoms with van der Waals surface area (Å²) in [6.45, 7) is 25.2. The van der Waals surface area contributed by atoms with E-state index in [1.807, 2.05) is 90.5 Å². The molecule has 376 valence electrons. The number of hydrogen-bond donors (Lipinski definition) is 3. The highest BCUT2D eigenvalue weighted by Gasteiger charge is 2.47. The van der Waals surface area contributed by atoms with E-state index in [0.717, 1.165) is 21.4 Å². The minimum Gasteiger partial charge on any atom is -0.458 e. The fourth-order valence-electron chi connectivity index (χ4n) is 8.11. The number of likely N-dealkylation sites (N-methyl/N-ethyl adjacent to an activating group) is 2. The van der Waals surface area contributed by atoms with Gasteiger partial charge in [-0.3, -0.25) is 38.6 Å². The molecule has 3 N–H and O–H groups in total. The van der Waals surface area contributed by atoms with Crippen molar-refractivity contribution in [2.45, 2.75) is 157 Å². The van der Waals surface area contributed by atoms with Crippen molar-refractivity contribution in [1.82, 2.24) is 35.2 Å². The van der Waals surface area contributed by atoms with E-state index >= 15 is 0 Å². The zero-order valence-electron chi connectivity index (χ0n) is 43.4. The first kappa shape index (κ1) is 56.3. The monoisotopic (exact) mass is 948 g/mol. The lowest BCUT2D eigenvalue weighted by Crippen LogP contribution is -2.63. The van der Waals surface area contributed by atoms with E-state index in [1.165, 1.54) is 29.0 Å². The number of esters is 1. The number of imide groups is 1. The van der Waals surface area contributed by atoms with Crippen molar-refractivity contribution in [3.63, 3.8) is 0 Å².